The van der Waals surface area contributed by atoms with E-state index in [4.69, 9.17) is 0 Å². The van der Waals surface area contributed by atoms with Gasteiger partial charge >= 0.3 is 40.6 Å². The van der Waals surface area contributed by atoms with Gasteiger partial charge < -0.3 is 0 Å². The van der Waals surface area contributed by atoms with Gasteiger partial charge in [-0.05, 0) is 16.3 Å². The molecule has 0 saturated heterocycles. The van der Waals surface area contributed by atoms with Crippen molar-refractivity contribution in [3.63, 3.8) is 0 Å². The Hall–Kier alpha value is -1.43. The topological polar surface area (TPSA) is 69.4 Å². The molecule has 5 nitrogen and oxygen atoms in total. The zero-order valence-corrected chi connectivity index (χ0v) is 8.83. The van der Waals surface area contributed by atoms with Gasteiger partial charge in [0, 0.05) is 0 Å². The van der Waals surface area contributed by atoms with E-state index in [0.29, 0.717) is 0 Å². The Bertz CT molecular complexity index is 580. The molecule has 0 atom stereocenters. The predicted octanol–water partition coefficient (Wildman–Crippen LogP) is 1.47. The van der Waals surface area contributed by atoms with Crippen molar-refractivity contribution >= 4 is 46.3 Å². The van der Waals surface area contributed by atoms with Crippen LogP contribution in [0.4, 0.5) is 0 Å². The predicted molar refractivity (Wildman–Crippen MR) is 67.9 cm³/mol. The monoisotopic (exact) mass is 255 g/mol. The molecule has 0 amide bonds. The molecule has 2 aromatic rings. The fraction of sp³-hybridized carbons (Fsp3) is 0.0833. The summed E-state index contributed by atoms with van der Waals surface area (Å²) < 4.78 is 0. The van der Waals surface area contributed by atoms with Gasteiger partial charge in [0.2, 0.25) is 0 Å². The van der Waals surface area contributed by atoms with Crippen LogP contribution in [0, 0.1) is 10.1 Å². The van der Waals surface area contributed by atoms with Crippen LogP contribution in [0.2, 0.25) is 0 Å². The first-order chi connectivity index (χ1) is 8.16. The van der Waals surface area contributed by atoms with Gasteiger partial charge in [0.25, 0.3) is 0 Å². The van der Waals surface area contributed by atoms with E-state index >= 15 is 0 Å². The minimum atomic E-state index is -1.09. The first-order valence-electron chi connectivity index (χ1n) is 4.98. The fourth-order valence-electron chi connectivity index (χ4n) is 1.72. The van der Waals surface area contributed by atoms with Crippen LogP contribution in [0.25, 0.3) is 10.8 Å². The Morgan fingerprint density at radius 2 is 1.83 bits per heavy atom. The van der Waals surface area contributed by atoms with E-state index in [9.17, 15) is 14.9 Å². The molecule has 0 N–H and O–H groups in total. The molecule has 2 aromatic carbocycles. The molecule has 2 rings (SSSR count). The molecule has 0 aliphatic heterocycles. The van der Waals surface area contributed by atoms with Crippen LogP contribution in [0.3, 0.4) is 0 Å². The van der Waals surface area contributed by atoms with Crippen LogP contribution in [0.1, 0.15) is 5.56 Å². The Morgan fingerprint density at radius 3 is 2.56 bits per heavy atom. The number of nitrogens with zero attached hydrogens (tertiary/aromatic N) is 1. The zero-order valence-electron chi connectivity index (χ0n) is 8.83. The number of carbonyl (C=O) groups is 1. The van der Waals surface area contributed by atoms with Gasteiger partial charge in [-0.1, -0.05) is 42.5 Å². The summed E-state index contributed by atoms with van der Waals surface area (Å²) in [6, 6.07) is 13.0. The van der Waals surface area contributed by atoms with Crippen molar-refractivity contribution in [3.8, 4) is 0 Å². The molecule has 0 saturated carbocycles. The quantitative estimate of drug-likeness (QED) is 0.473. The van der Waals surface area contributed by atoms with Crippen molar-refractivity contribution in [2.45, 2.75) is 6.42 Å². The number of rotatable bonds is 3. The van der Waals surface area contributed by atoms with Gasteiger partial charge in [0.05, 0.1) is 6.42 Å². The summed E-state index contributed by atoms with van der Waals surface area (Å²) in [5.41, 5.74) is 0.718. The summed E-state index contributed by atoms with van der Waals surface area (Å²) in [5, 5.41) is 10.8. The van der Waals surface area contributed by atoms with E-state index in [-0.39, 0.29) is 36.0 Å². The number of fused-ring (bicyclic) bond motifs is 1. The van der Waals surface area contributed by atoms with E-state index in [0.717, 1.165) is 16.3 Å². The van der Waals surface area contributed by atoms with E-state index in [1.807, 2.05) is 30.3 Å². The molecule has 0 heterocycles. The first kappa shape index (κ1) is 14.6. The third-order valence-corrected chi connectivity index (χ3v) is 2.39. The molecule has 6 heteroatoms. The Morgan fingerprint density at radius 1 is 1.17 bits per heavy atom. The van der Waals surface area contributed by atoms with Crippen LogP contribution < -0.4 is 0 Å². The van der Waals surface area contributed by atoms with E-state index in [1.165, 1.54) is 0 Å². The van der Waals surface area contributed by atoms with Crippen LogP contribution in [0.15, 0.2) is 42.5 Å². The molecule has 0 aliphatic rings. The molecular weight excluding hydrogens is 245 g/mol. The number of benzene rings is 2. The second-order valence-corrected chi connectivity index (χ2v) is 3.50. The van der Waals surface area contributed by atoms with E-state index < -0.39 is 11.1 Å². The van der Waals surface area contributed by atoms with Crippen LogP contribution >= 0.6 is 0 Å². The Labute approximate surface area is 125 Å². The average molecular weight is 255 g/mol. The Balaban J connectivity index is 0.00000162. The normalized spacial score (nSPS) is 9.56. The third-order valence-electron chi connectivity index (χ3n) is 2.39. The molecular formula is C12H10NNaO4. The van der Waals surface area contributed by atoms with Gasteiger partial charge in [-0.3, -0.25) is 4.79 Å². The second-order valence-electron chi connectivity index (χ2n) is 3.50. The molecule has 0 aromatic heterocycles. The molecule has 0 unspecified atom stereocenters. The van der Waals surface area contributed by atoms with E-state index in [2.05, 4.69) is 4.84 Å². The van der Waals surface area contributed by atoms with Crippen molar-refractivity contribution in [1.29, 1.82) is 0 Å². The third kappa shape index (κ3) is 3.53. The molecule has 0 bridgehead atoms. The molecule has 0 radical (unpaired) electrons. The summed E-state index contributed by atoms with van der Waals surface area (Å²) in [6.07, 6.45) is -0.109. The van der Waals surface area contributed by atoms with Crippen molar-refractivity contribution in [2.24, 2.45) is 0 Å². The van der Waals surface area contributed by atoms with Crippen molar-refractivity contribution < 1.29 is 14.7 Å². The van der Waals surface area contributed by atoms with Crippen LogP contribution in [0.5, 0.6) is 0 Å². The van der Waals surface area contributed by atoms with Gasteiger partial charge in [0.1, 0.15) is 0 Å². The summed E-state index contributed by atoms with van der Waals surface area (Å²) in [5.74, 6) is -0.869. The van der Waals surface area contributed by atoms with Gasteiger partial charge in [-0.2, -0.15) is 0 Å². The summed E-state index contributed by atoms with van der Waals surface area (Å²) in [6.45, 7) is 0. The summed E-state index contributed by atoms with van der Waals surface area (Å²) in [4.78, 5) is 25.1. The fourth-order valence-corrected chi connectivity index (χ4v) is 1.72. The van der Waals surface area contributed by atoms with Crippen LogP contribution in [-0.4, -0.2) is 40.6 Å². The van der Waals surface area contributed by atoms with Gasteiger partial charge in [0.15, 0.2) is 0 Å². The van der Waals surface area contributed by atoms with Crippen molar-refractivity contribution in [2.75, 3.05) is 0 Å². The maximum atomic E-state index is 11.2. The van der Waals surface area contributed by atoms with Gasteiger partial charge in [-0.25, -0.2) is 4.84 Å². The van der Waals surface area contributed by atoms with Crippen LogP contribution in [-0.2, 0) is 16.1 Å². The molecule has 0 aliphatic carbocycles. The average Bonchev–Trinajstić information content (AvgIpc) is 2.28. The zero-order chi connectivity index (χ0) is 12.3. The van der Waals surface area contributed by atoms with Crippen molar-refractivity contribution in [3.05, 3.63) is 58.1 Å². The van der Waals surface area contributed by atoms with Crippen molar-refractivity contribution in [1.82, 2.24) is 0 Å². The SMILES string of the molecule is O=C(Cc1cccc2ccccc12)O[N+](=O)[O-].[NaH]. The molecule has 0 fully saturated rings. The molecule has 0 spiro atoms. The Kier molecular flexibility index (Phi) is 5.27. The molecule has 88 valence electrons. The molecule has 18 heavy (non-hydrogen) atoms. The standard InChI is InChI=1S/C12H9NO4.Na.H/c14-12(17-13(15)16)8-10-6-3-5-9-4-1-2-7-11(9)10;;/h1-7H,8H2;;. The van der Waals surface area contributed by atoms with E-state index in [1.54, 1.807) is 12.1 Å². The summed E-state index contributed by atoms with van der Waals surface area (Å²) >= 11 is 0. The first-order valence-corrected chi connectivity index (χ1v) is 4.98. The maximum absolute atomic E-state index is 11.2. The number of hydrogen-bond donors (Lipinski definition) is 0. The second kappa shape index (κ2) is 6.49. The summed E-state index contributed by atoms with van der Waals surface area (Å²) in [7, 11) is 0. The number of carbonyl (C=O) groups excluding carboxylic acids is 1. The number of hydrogen-bond acceptors (Lipinski definition) is 4. The minimum absolute atomic E-state index is 0. The van der Waals surface area contributed by atoms with Gasteiger partial charge in [-0.15, -0.1) is 10.1 Å².